The monoisotopic (exact) mass is 310 g/mol. The molecule has 0 fully saturated rings. The predicted molar refractivity (Wildman–Crippen MR) is 84.3 cm³/mol. The van der Waals surface area contributed by atoms with Crippen LogP contribution < -0.4 is 9.47 Å². The van der Waals surface area contributed by atoms with Crippen molar-refractivity contribution in [1.82, 2.24) is 0 Å². The van der Waals surface area contributed by atoms with Gasteiger partial charge in [0, 0.05) is 17.2 Å². The summed E-state index contributed by atoms with van der Waals surface area (Å²) in [4.78, 5) is 11.4. The summed E-state index contributed by atoms with van der Waals surface area (Å²) in [5.41, 5.74) is 1.82. The standard InChI is InChI=1S/C18H14O5/c1-11-15-8-5-13(19)9-16(15)22-10-17(11)23-14-6-3-12(4-7-14)18(20)21-2/h3-10,19H,1H2,2H3. The lowest BCUT2D eigenvalue weighted by atomic mass is 10.0. The first-order chi connectivity index (χ1) is 11.1. The van der Waals surface area contributed by atoms with E-state index in [1.54, 1.807) is 36.4 Å². The van der Waals surface area contributed by atoms with E-state index in [9.17, 15) is 9.90 Å². The van der Waals surface area contributed by atoms with Crippen LogP contribution in [-0.2, 0) is 4.74 Å². The molecule has 23 heavy (non-hydrogen) atoms. The number of allylic oxidation sites excluding steroid dienone is 1. The number of carbonyl (C=O) groups is 1. The third kappa shape index (κ3) is 2.89. The number of rotatable bonds is 3. The van der Waals surface area contributed by atoms with E-state index < -0.39 is 5.97 Å². The van der Waals surface area contributed by atoms with E-state index in [0.717, 1.165) is 5.56 Å². The number of phenols is 1. The minimum atomic E-state index is -0.407. The number of benzene rings is 2. The van der Waals surface area contributed by atoms with E-state index in [0.29, 0.717) is 28.4 Å². The van der Waals surface area contributed by atoms with Crippen molar-refractivity contribution >= 4 is 11.5 Å². The number of esters is 1. The third-order valence-electron chi connectivity index (χ3n) is 3.38. The quantitative estimate of drug-likeness (QED) is 0.879. The Hall–Kier alpha value is -3.21. The van der Waals surface area contributed by atoms with Crippen LogP contribution in [0, 0.1) is 0 Å². The van der Waals surface area contributed by atoms with E-state index in [1.807, 2.05) is 0 Å². The smallest absolute Gasteiger partial charge is 0.337 e. The number of carbonyl (C=O) groups excluding carboxylic acids is 1. The molecule has 5 heteroatoms. The van der Waals surface area contributed by atoms with Gasteiger partial charge < -0.3 is 19.3 Å². The van der Waals surface area contributed by atoms with Crippen molar-refractivity contribution in [2.24, 2.45) is 0 Å². The first-order valence-corrected chi connectivity index (χ1v) is 6.84. The highest BCUT2D eigenvalue weighted by atomic mass is 16.5. The van der Waals surface area contributed by atoms with Gasteiger partial charge in [0.2, 0.25) is 0 Å². The predicted octanol–water partition coefficient (Wildman–Crippen LogP) is 3.50. The number of methoxy groups -OCH3 is 1. The van der Waals surface area contributed by atoms with Crippen LogP contribution in [0.1, 0.15) is 15.9 Å². The van der Waals surface area contributed by atoms with E-state index >= 15 is 0 Å². The van der Waals surface area contributed by atoms with Crippen molar-refractivity contribution in [3.8, 4) is 17.2 Å². The van der Waals surface area contributed by atoms with Crippen LogP contribution in [-0.4, -0.2) is 18.2 Å². The van der Waals surface area contributed by atoms with Crippen LogP contribution in [0.15, 0.2) is 61.1 Å². The molecule has 0 saturated carbocycles. The Morgan fingerprint density at radius 1 is 1.17 bits per heavy atom. The molecule has 1 aliphatic heterocycles. The van der Waals surface area contributed by atoms with Crippen molar-refractivity contribution in [2.75, 3.05) is 7.11 Å². The average Bonchev–Trinajstić information content (AvgIpc) is 2.57. The maximum Gasteiger partial charge on any atom is 0.337 e. The van der Waals surface area contributed by atoms with Gasteiger partial charge in [-0.1, -0.05) is 6.58 Å². The summed E-state index contributed by atoms with van der Waals surface area (Å²) in [7, 11) is 1.33. The number of aromatic hydroxyl groups is 1. The summed E-state index contributed by atoms with van der Waals surface area (Å²) < 4.78 is 15.8. The summed E-state index contributed by atoms with van der Waals surface area (Å²) in [6.45, 7) is 3.99. The molecule has 5 nitrogen and oxygen atoms in total. The SMILES string of the molecule is C=C1C(Oc2ccc(C(=O)OC)cc2)=COc2cc(O)ccc21. The van der Waals surface area contributed by atoms with Gasteiger partial charge >= 0.3 is 5.97 Å². The molecule has 0 aliphatic carbocycles. The van der Waals surface area contributed by atoms with Crippen molar-refractivity contribution in [2.45, 2.75) is 0 Å². The highest BCUT2D eigenvalue weighted by molar-refractivity contribution is 5.89. The summed E-state index contributed by atoms with van der Waals surface area (Å²) in [6.07, 6.45) is 1.43. The Bertz CT molecular complexity index is 803. The first kappa shape index (κ1) is 14.7. The van der Waals surface area contributed by atoms with Gasteiger partial charge in [-0.25, -0.2) is 4.79 Å². The summed E-state index contributed by atoms with van der Waals surface area (Å²) >= 11 is 0. The fourth-order valence-electron chi connectivity index (χ4n) is 2.17. The summed E-state index contributed by atoms with van der Waals surface area (Å²) in [5, 5.41) is 9.47. The number of ether oxygens (including phenoxy) is 3. The second kappa shape index (κ2) is 5.88. The van der Waals surface area contributed by atoms with E-state index in [2.05, 4.69) is 11.3 Å². The molecular weight excluding hydrogens is 296 g/mol. The molecule has 0 radical (unpaired) electrons. The maximum absolute atomic E-state index is 11.4. The van der Waals surface area contributed by atoms with E-state index in [-0.39, 0.29) is 5.75 Å². The molecule has 0 bridgehead atoms. The van der Waals surface area contributed by atoms with Crippen LogP contribution in [0.25, 0.3) is 5.57 Å². The first-order valence-electron chi connectivity index (χ1n) is 6.84. The Kier molecular flexibility index (Phi) is 3.76. The lowest BCUT2D eigenvalue weighted by Gasteiger charge is -2.20. The zero-order valence-corrected chi connectivity index (χ0v) is 12.4. The van der Waals surface area contributed by atoms with Gasteiger partial charge in [-0.15, -0.1) is 0 Å². The Morgan fingerprint density at radius 3 is 2.61 bits per heavy atom. The Morgan fingerprint density at radius 2 is 1.91 bits per heavy atom. The van der Waals surface area contributed by atoms with Gasteiger partial charge in [-0.2, -0.15) is 0 Å². The number of hydrogen-bond acceptors (Lipinski definition) is 5. The number of fused-ring (bicyclic) bond motifs is 1. The highest BCUT2D eigenvalue weighted by Gasteiger charge is 2.19. The average molecular weight is 310 g/mol. The zero-order valence-electron chi connectivity index (χ0n) is 12.4. The molecule has 0 unspecified atom stereocenters. The topological polar surface area (TPSA) is 65.0 Å². The molecule has 1 N–H and O–H groups in total. The van der Waals surface area contributed by atoms with Crippen LogP contribution in [0.5, 0.6) is 17.2 Å². The van der Waals surface area contributed by atoms with Crippen LogP contribution in [0.3, 0.4) is 0 Å². The lowest BCUT2D eigenvalue weighted by molar-refractivity contribution is 0.0600. The second-order valence-corrected chi connectivity index (χ2v) is 4.88. The van der Waals surface area contributed by atoms with E-state index in [1.165, 1.54) is 19.4 Å². The van der Waals surface area contributed by atoms with Crippen LogP contribution in [0.2, 0.25) is 0 Å². The zero-order chi connectivity index (χ0) is 16.4. The van der Waals surface area contributed by atoms with Gasteiger partial charge in [0.05, 0.1) is 12.7 Å². The van der Waals surface area contributed by atoms with Gasteiger partial charge in [0.1, 0.15) is 23.5 Å². The largest absolute Gasteiger partial charge is 0.508 e. The minimum Gasteiger partial charge on any atom is -0.508 e. The molecule has 0 saturated heterocycles. The maximum atomic E-state index is 11.4. The molecule has 116 valence electrons. The van der Waals surface area contributed by atoms with Gasteiger partial charge in [-0.3, -0.25) is 0 Å². The van der Waals surface area contributed by atoms with Crippen molar-refractivity contribution in [3.63, 3.8) is 0 Å². The Balaban J connectivity index is 1.79. The van der Waals surface area contributed by atoms with Gasteiger partial charge in [0.25, 0.3) is 0 Å². The fourth-order valence-corrected chi connectivity index (χ4v) is 2.17. The molecule has 2 aromatic carbocycles. The number of hydrogen-bond donors (Lipinski definition) is 1. The molecule has 2 aromatic rings. The summed E-state index contributed by atoms with van der Waals surface area (Å²) in [6, 6.07) is 11.3. The molecule has 0 amide bonds. The van der Waals surface area contributed by atoms with Gasteiger partial charge in [-0.05, 0) is 36.4 Å². The highest BCUT2D eigenvalue weighted by Crippen LogP contribution is 2.37. The van der Waals surface area contributed by atoms with Crippen LogP contribution in [0.4, 0.5) is 0 Å². The lowest BCUT2D eigenvalue weighted by Crippen LogP contribution is -2.07. The molecule has 0 aromatic heterocycles. The van der Waals surface area contributed by atoms with Gasteiger partial charge in [0.15, 0.2) is 5.76 Å². The Labute approximate surface area is 133 Å². The minimum absolute atomic E-state index is 0.118. The molecule has 0 spiro atoms. The fraction of sp³-hybridized carbons (Fsp3) is 0.0556. The van der Waals surface area contributed by atoms with Crippen molar-refractivity contribution < 1.29 is 24.1 Å². The summed E-state index contributed by atoms with van der Waals surface area (Å²) in [5.74, 6) is 1.22. The van der Waals surface area contributed by atoms with E-state index in [4.69, 9.17) is 9.47 Å². The molecule has 1 heterocycles. The second-order valence-electron chi connectivity index (χ2n) is 4.88. The molecule has 3 rings (SSSR count). The molecule has 0 atom stereocenters. The van der Waals surface area contributed by atoms with Crippen molar-refractivity contribution in [3.05, 3.63) is 72.2 Å². The number of phenolic OH excluding ortho intramolecular Hbond substituents is 1. The van der Waals surface area contributed by atoms with Crippen LogP contribution >= 0.6 is 0 Å². The normalized spacial score (nSPS) is 12.7. The third-order valence-corrected chi connectivity index (χ3v) is 3.38. The molecular formula is C18H14O5. The van der Waals surface area contributed by atoms with Crippen molar-refractivity contribution in [1.29, 1.82) is 0 Å². The molecule has 1 aliphatic rings.